The van der Waals surface area contributed by atoms with Crippen molar-refractivity contribution in [1.82, 2.24) is 0 Å². The zero-order valence-corrected chi connectivity index (χ0v) is 9.99. The highest BCUT2D eigenvalue weighted by molar-refractivity contribution is 5.88. The van der Waals surface area contributed by atoms with Crippen molar-refractivity contribution in [2.45, 2.75) is 26.9 Å². The molecule has 0 amide bonds. The summed E-state index contributed by atoms with van der Waals surface area (Å²) in [5.41, 5.74) is -0.0644. The molecule has 0 radical (unpaired) electrons. The Hall–Kier alpha value is -1.78. The van der Waals surface area contributed by atoms with E-state index >= 15 is 0 Å². The number of aromatic carboxylic acids is 1. The van der Waals surface area contributed by atoms with E-state index < -0.39 is 11.8 Å². The number of halogens is 1. The third-order valence-electron chi connectivity index (χ3n) is 1.92. The summed E-state index contributed by atoms with van der Waals surface area (Å²) in [5, 5.41) is 8.89. The third-order valence-corrected chi connectivity index (χ3v) is 1.92. The molecule has 0 spiro atoms. The Bertz CT molecular complexity index is 415. The van der Waals surface area contributed by atoms with Crippen LogP contribution in [0.25, 0.3) is 0 Å². The van der Waals surface area contributed by atoms with E-state index in [2.05, 4.69) is 0 Å². The second-order valence-electron chi connectivity index (χ2n) is 3.69. The van der Waals surface area contributed by atoms with Crippen LogP contribution >= 0.6 is 0 Å². The number of carboxylic acid groups (broad SMARTS) is 1. The summed E-state index contributed by atoms with van der Waals surface area (Å²) in [6, 6.07) is 2.30. The Morgan fingerprint density at radius 2 is 2.00 bits per heavy atom. The first-order valence-corrected chi connectivity index (χ1v) is 5.32. The van der Waals surface area contributed by atoms with Crippen LogP contribution < -0.4 is 9.47 Å². The largest absolute Gasteiger partial charge is 0.491 e. The fourth-order valence-corrected chi connectivity index (χ4v) is 1.30. The minimum Gasteiger partial charge on any atom is -0.491 e. The van der Waals surface area contributed by atoms with Gasteiger partial charge in [-0.25, -0.2) is 4.79 Å². The van der Waals surface area contributed by atoms with Crippen molar-refractivity contribution < 1.29 is 23.8 Å². The summed E-state index contributed by atoms with van der Waals surface area (Å²) in [6.07, 6.45) is -0.247. The van der Waals surface area contributed by atoms with Crippen LogP contribution in [0.1, 0.15) is 31.1 Å². The predicted octanol–water partition coefficient (Wildman–Crippen LogP) is 2.71. The quantitative estimate of drug-likeness (QED) is 0.862. The second kappa shape index (κ2) is 5.52. The monoisotopic (exact) mass is 242 g/mol. The van der Waals surface area contributed by atoms with Gasteiger partial charge in [0.1, 0.15) is 0 Å². The number of carbonyl (C=O) groups is 1. The Labute approximate surface area is 99.0 Å². The average molecular weight is 242 g/mol. The van der Waals surface area contributed by atoms with Crippen molar-refractivity contribution in [3.63, 3.8) is 0 Å². The standard InChI is InChI=1S/C12H15FO4/c1-4-16-9-5-8(12(14)15)6-10(11(9)13)17-7(2)3/h5-7H,4H2,1-3H3,(H,14,15). The van der Waals surface area contributed by atoms with E-state index in [1.807, 2.05) is 0 Å². The molecule has 1 aromatic rings. The Morgan fingerprint density at radius 1 is 1.41 bits per heavy atom. The molecular weight excluding hydrogens is 227 g/mol. The first-order valence-electron chi connectivity index (χ1n) is 5.32. The lowest BCUT2D eigenvalue weighted by atomic mass is 10.2. The SMILES string of the molecule is CCOc1cc(C(=O)O)cc(OC(C)C)c1F. The number of hydrogen-bond acceptors (Lipinski definition) is 3. The maximum atomic E-state index is 13.8. The second-order valence-corrected chi connectivity index (χ2v) is 3.69. The number of carboxylic acids is 1. The zero-order valence-electron chi connectivity index (χ0n) is 9.99. The molecule has 0 aliphatic heterocycles. The maximum Gasteiger partial charge on any atom is 0.335 e. The van der Waals surface area contributed by atoms with E-state index in [1.54, 1.807) is 20.8 Å². The first kappa shape index (κ1) is 13.3. The van der Waals surface area contributed by atoms with Crippen molar-refractivity contribution in [1.29, 1.82) is 0 Å². The van der Waals surface area contributed by atoms with Crippen LogP contribution in [-0.4, -0.2) is 23.8 Å². The molecule has 5 heteroatoms. The minimum atomic E-state index is -1.15. The highest BCUT2D eigenvalue weighted by Crippen LogP contribution is 2.29. The smallest absolute Gasteiger partial charge is 0.335 e. The van der Waals surface area contributed by atoms with Gasteiger partial charge >= 0.3 is 5.97 Å². The van der Waals surface area contributed by atoms with Gasteiger partial charge < -0.3 is 14.6 Å². The number of benzene rings is 1. The summed E-state index contributed by atoms with van der Waals surface area (Å²) in [7, 11) is 0. The lowest BCUT2D eigenvalue weighted by molar-refractivity contribution is 0.0695. The molecule has 0 unspecified atom stereocenters. The molecular formula is C12H15FO4. The Morgan fingerprint density at radius 3 is 2.47 bits per heavy atom. The molecule has 1 aromatic carbocycles. The van der Waals surface area contributed by atoms with E-state index in [0.717, 1.165) is 12.1 Å². The molecule has 0 aliphatic carbocycles. The van der Waals surface area contributed by atoms with E-state index in [0.29, 0.717) is 0 Å². The van der Waals surface area contributed by atoms with E-state index in [-0.39, 0.29) is 29.8 Å². The molecule has 1 N–H and O–H groups in total. The lowest BCUT2D eigenvalue weighted by Crippen LogP contribution is -2.09. The van der Waals surface area contributed by atoms with Gasteiger partial charge in [-0.1, -0.05) is 0 Å². The van der Waals surface area contributed by atoms with Gasteiger partial charge in [0.2, 0.25) is 5.82 Å². The van der Waals surface area contributed by atoms with E-state index in [9.17, 15) is 9.18 Å². The molecule has 17 heavy (non-hydrogen) atoms. The number of rotatable bonds is 5. The zero-order chi connectivity index (χ0) is 13.0. The van der Waals surface area contributed by atoms with Gasteiger partial charge in [0.05, 0.1) is 18.3 Å². The fourth-order valence-electron chi connectivity index (χ4n) is 1.30. The third kappa shape index (κ3) is 3.34. The van der Waals surface area contributed by atoms with Gasteiger partial charge in [0.15, 0.2) is 11.5 Å². The average Bonchev–Trinajstić information content (AvgIpc) is 2.23. The molecule has 0 fully saturated rings. The summed E-state index contributed by atoms with van der Waals surface area (Å²) < 4.78 is 24.1. The highest BCUT2D eigenvalue weighted by Gasteiger charge is 2.17. The Kier molecular flexibility index (Phi) is 4.31. The molecule has 0 heterocycles. The van der Waals surface area contributed by atoms with E-state index in [4.69, 9.17) is 14.6 Å². The predicted molar refractivity (Wildman–Crippen MR) is 60.3 cm³/mol. The van der Waals surface area contributed by atoms with Crippen LogP contribution in [0.2, 0.25) is 0 Å². The summed E-state index contributed by atoms with van der Waals surface area (Å²) in [6.45, 7) is 5.40. The number of hydrogen-bond donors (Lipinski definition) is 1. The van der Waals surface area contributed by atoms with Crippen LogP contribution in [0.4, 0.5) is 4.39 Å². The summed E-state index contributed by atoms with van der Waals surface area (Å²) >= 11 is 0. The molecule has 94 valence electrons. The van der Waals surface area contributed by atoms with Gasteiger partial charge in [-0.05, 0) is 32.9 Å². The van der Waals surface area contributed by atoms with Crippen molar-refractivity contribution in [2.75, 3.05) is 6.61 Å². The van der Waals surface area contributed by atoms with Crippen LogP contribution in [0.15, 0.2) is 12.1 Å². The van der Waals surface area contributed by atoms with E-state index in [1.165, 1.54) is 0 Å². The van der Waals surface area contributed by atoms with Crippen LogP contribution in [0.5, 0.6) is 11.5 Å². The maximum absolute atomic E-state index is 13.8. The minimum absolute atomic E-state index is 0.0644. The molecule has 4 nitrogen and oxygen atoms in total. The van der Waals surface area contributed by atoms with Crippen LogP contribution in [0.3, 0.4) is 0 Å². The first-order chi connectivity index (χ1) is 7.95. The van der Waals surface area contributed by atoms with Crippen molar-refractivity contribution in [3.8, 4) is 11.5 Å². The molecule has 0 atom stereocenters. The van der Waals surface area contributed by atoms with Gasteiger partial charge in [-0.15, -0.1) is 0 Å². The summed E-state index contributed by atoms with van der Waals surface area (Å²) in [5.74, 6) is -2.04. The van der Waals surface area contributed by atoms with Crippen molar-refractivity contribution >= 4 is 5.97 Å². The molecule has 1 rings (SSSR count). The topological polar surface area (TPSA) is 55.8 Å². The molecule has 0 aromatic heterocycles. The molecule has 0 saturated heterocycles. The van der Waals surface area contributed by atoms with Crippen LogP contribution in [0, 0.1) is 5.82 Å². The molecule has 0 saturated carbocycles. The Balaban J connectivity index is 3.22. The lowest BCUT2D eigenvalue weighted by Gasteiger charge is -2.14. The molecule has 0 aliphatic rings. The molecule has 0 bridgehead atoms. The van der Waals surface area contributed by atoms with Gasteiger partial charge in [-0.2, -0.15) is 4.39 Å². The van der Waals surface area contributed by atoms with Gasteiger partial charge in [0, 0.05) is 0 Å². The normalized spacial score (nSPS) is 10.4. The van der Waals surface area contributed by atoms with Gasteiger partial charge in [-0.3, -0.25) is 0 Å². The van der Waals surface area contributed by atoms with Crippen molar-refractivity contribution in [3.05, 3.63) is 23.5 Å². The van der Waals surface area contributed by atoms with Crippen LogP contribution in [-0.2, 0) is 0 Å². The van der Waals surface area contributed by atoms with Gasteiger partial charge in [0.25, 0.3) is 0 Å². The summed E-state index contributed by atoms with van der Waals surface area (Å²) in [4.78, 5) is 10.9. The highest BCUT2D eigenvalue weighted by atomic mass is 19.1. The number of ether oxygens (including phenoxy) is 2. The fraction of sp³-hybridized carbons (Fsp3) is 0.417. The van der Waals surface area contributed by atoms with Crippen molar-refractivity contribution in [2.24, 2.45) is 0 Å².